The maximum atomic E-state index is 11.9. The van der Waals surface area contributed by atoms with Gasteiger partial charge in [-0.25, -0.2) is 4.98 Å². The minimum atomic E-state index is -0.516. The third-order valence-electron chi connectivity index (χ3n) is 3.59. The number of hydrogen-bond donors (Lipinski definition) is 2. The first-order chi connectivity index (χ1) is 11.0. The predicted octanol–water partition coefficient (Wildman–Crippen LogP) is 2.41. The number of rotatable bonds is 7. The van der Waals surface area contributed by atoms with Crippen molar-refractivity contribution in [1.29, 1.82) is 0 Å². The van der Waals surface area contributed by atoms with Crippen molar-refractivity contribution in [2.75, 3.05) is 12.3 Å². The van der Waals surface area contributed by atoms with Gasteiger partial charge >= 0.3 is 0 Å². The fourth-order valence-corrected chi connectivity index (χ4v) is 2.84. The minimum absolute atomic E-state index is 0.103. The monoisotopic (exact) mass is 333 g/mol. The molecule has 2 N–H and O–H groups in total. The lowest BCUT2D eigenvalue weighted by atomic mass is 10.1. The highest BCUT2D eigenvalue weighted by Crippen LogP contribution is 2.22. The molecule has 1 aromatic carbocycles. The first kappa shape index (κ1) is 17.6. The van der Waals surface area contributed by atoms with Gasteiger partial charge in [-0.1, -0.05) is 43.8 Å². The Morgan fingerprint density at radius 2 is 2.13 bits per heavy atom. The number of para-hydroxylation sites is 1. The van der Waals surface area contributed by atoms with Gasteiger partial charge < -0.3 is 10.4 Å². The maximum Gasteiger partial charge on any atom is 0.230 e. The topological polar surface area (TPSA) is 67.2 Å². The summed E-state index contributed by atoms with van der Waals surface area (Å²) in [5, 5.41) is 13.2. The van der Waals surface area contributed by atoms with Crippen LogP contribution in [0.4, 0.5) is 0 Å². The second-order valence-electron chi connectivity index (χ2n) is 5.77. The van der Waals surface area contributed by atoms with E-state index in [0.717, 1.165) is 16.4 Å². The van der Waals surface area contributed by atoms with Crippen LogP contribution in [0.15, 0.2) is 41.8 Å². The smallest absolute Gasteiger partial charge is 0.230 e. The maximum absolute atomic E-state index is 11.9. The molecule has 0 aliphatic rings. The van der Waals surface area contributed by atoms with Gasteiger partial charge in [0.25, 0.3) is 0 Å². The molecule has 1 unspecified atom stereocenters. The third-order valence-corrected chi connectivity index (χ3v) is 4.56. The molecular weight excluding hydrogens is 310 g/mol. The Morgan fingerprint density at radius 3 is 2.83 bits per heavy atom. The number of hydrogen-bond acceptors (Lipinski definition) is 4. The highest BCUT2D eigenvalue weighted by atomic mass is 32.2. The van der Waals surface area contributed by atoms with E-state index in [9.17, 15) is 9.90 Å². The van der Waals surface area contributed by atoms with Crippen LogP contribution in [0.2, 0.25) is 0 Å². The molecule has 1 heterocycles. The Kier molecular flexibility index (Phi) is 6.24. The zero-order valence-corrected chi connectivity index (χ0v) is 14.5. The molecule has 2 aromatic rings. The van der Waals surface area contributed by atoms with Crippen LogP contribution in [0.3, 0.4) is 0 Å². The van der Waals surface area contributed by atoms with Crippen molar-refractivity contribution < 1.29 is 9.90 Å². The van der Waals surface area contributed by atoms with E-state index < -0.39 is 6.10 Å². The molecule has 0 saturated carbocycles. The molecule has 0 spiro atoms. The highest BCUT2D eigenvalue weighted by Gasteiger charge is 2.13. The number of aliphatic hydroxyl groups excluding tert-OH is 1. The standard InChI is InChI=1S/C17H23N3O2S/c1-12(2)15(21)10-19-16(22)11-23-17-18-8-9-20(17)14-7-5-4-6-13(14)3/h4-9,12,15,21H,10-11H2,1-3H3,(H,19,22). The molecule has 0 bridgehead atoms. The van der Waals surface area contributed by atoms with E-state index in [2.05, 4.69) is 10.3 Å². The highest BCUT2D eigenvalue weighted by molar-refractivity contribution is 7.99. The molecular formula is C17H23N3O2S. The Labute approximate surface area is 141 Å². The predicted molar refractivity (Wildman–Crippen MR) is 92.9 cm³/mol. The van der Waals surface area contributed by atoms with Gasteiger partial charge in [0.05, 0.1) is 17.5 Å². The van der Waals surface area contributed by atoms with Crippen LogP contribution in [0, 0.1) is 12.8 Å². The van der Waals surface area contributed by atoms with Gasteiger partial charge in [0, 0.05) is 18.9 Å². The summed E-state index contributed by atoms with van der Waals surface area (Å²) in [6.07, 6.45) is 3.11. The molecule has 23 heavy (non-hydrogen) atoms. The molecule has 1 aromatic heterocycles. The SMILES string of the molecule is Cc1ccccc1-n1ccnc1SCC(=O)NCC(O)C(C)C. The summed E-state index contributed by atoms with van der Waals surface area (Å²) in [6, 6.07) is 8.05. The van der Waals surface area contributed by atoms with Gasteiger partial charge in [-0.3, -0.25) is 9.36 Å². The molecule has 2 rings (SSSR count). The van der Waals surface area contributed by atoms with Crippen molar-refractivity contribution in [2.45, 2.75) is 32.0 Å². The molecule has 0 aliphatic heterocycles. The summed E-state index contributed by atoms with van der Waals surface area (Å²) in [5.74, 6) is 0.296. The van der Waals surface area contributed by atoms with Crippen LogP contribution < -0.4 is 5.32 Å². The lowest BCUT2D eigenvalue weighted by Gasteiger charge is -2.15. The number of aryl methyl sites for hydroxylation is 1. The van der Waals surface area contributed by atoms with Gasteiger partial charge in [-0.15, -0.1) is 0 Å². The van der Waals surface area contributed by atoms with Crippen molar-refractivity contribution in [3.8, 4) is 5.69 Å². The van der Waals surface area contributed by atoms with Crippen molar-refractivity contribution in [2.24, 2.45) is 5.92 Å². The molecule has 0 fully saturated rings. The van der Waals surface area contributed by atoms with Gasteiger partial charge in [0.2, 0.25) is 5.91 Å². The van der Waals surface area contributed by atoms with Crippen LogP contribution >= 0.6 is 11.8 Å². The zero-order valence-electron chi connectivity index (χ0n) is 13.7. The zero-order chi connectivity index (χ0) is 16.8. The number of carbonyl (C=O) groups excluding carboxylic acids is 1. The summed E-state index contributed by atoms with van der Waals surface area (Å²) in [5.41, 5.74) is 2.21. The van der Waals surface area contributed by atoms with Crippen LogP contribution in [0.1, 0.15) is 19.4 Å². The summed E-state index contributed by atoms with van der Waals surface area (Å²) in [4.78, 5) is 16.2. The Balaban J connectivity index is 1.94. The Morgan fingerprint density at radius 1 is 1.39 bits per heavy atom. The Hall–Kier alpha value is -1.79. The second-order valence-corrected chi connectivity index (χ2v) is 6.71. The molecule has 1 amide bonds. The number of benzene rings is 1. The lowest BCUT2D eigenvalue weighted by Crippen LogP contribution is -2.35. The normalized spacial score (nSPS) is 12.4. The average molecular weight is 333 g/mol. The number of thioether (sulfide) groups is 1. The molecule has 0 radical (unpaired) electrons. The van der Waals surface area contributed by atoms with E-state index in [4.69, 9.17) is 0 Å². The van der Waals surface area contributed by atoms with Crippen molar-refractivity contribution in [3.63, 3.8) is 0 Å². The van der Waals surface area contributed by atoms with E-state index >= 15 is 0 Å². The number of nitrogens with zero attached hydrogens (tertiary/aromatic N) is 2. The van der Waals surface area contributed by atoms with Gasteiger partial charge in [0.1, 0.15) is 0 Å². The summed E-state index contributed by atoms with van der Waals surface area (Å²) < 4.78 is 1.98. The van der Waals surface area contributed by atoms with Crippen LogP contribution in [-0.4, -0.2) is 39.0 Å². The quantitative estimate of drug-likeness (QED) is 0.764. The molecule has 1 atom stereocenters. The first-order valence-electron chi connectivity index (χ1n) is 7.66. The second kappa shape index (κ2) is 8.17. The third kappa shape index (κ3) is 4.84. The van der Waals surface area contributed by atoms with Crippen LogP contribution in [0.25, 0.3) is 5.69 Å². The summed E-state index contributed by atoms with van der Waals surface area (Å²) in [6.45, 7) is 6.17. The average Bonchev–Trinajstić information content (AvgIpc) is 2.99. The largest absolute Gasteiger partial charge is 0.391 e. The van der Waals surface area contributed by atoms with Crippen molar-refractivity contribution >= 4 is 17.7 Å². The molecule has 124 valence electrons. The number of aliphatic hydroxyl groups is 1. The van der Waals surface area contributed by atoms with Crippen molar-refractivity contribution in [3.05, 3.63) is 42.2 Å². The number of imidazole rings is 1. The summed E-state index contributed by atoms with van der Waals surface area (Å²) in [7, 11) is 0. The van der Waals surface area contributed by atoms with E-state index in [-0.39, 0.29) is 24.1 Å². The number of nitrogens with one attached hydrogen (secondary N) is 1. The fourth-order valence-electron chi connectivity index (χ4n) is 2.05. The molecule has 6 heteroatoms. The van der Waals surface area contributed by atoms with E-state index in [0.29, 0.717) is 0 Å². The number of amides is 1. The van der Waals surface area contributed by atoms with Crippen molar-refractivity contribution in [1.82, 2.24) is 14.9 Å². The minimum Gasteiger partial charge on any atom is -0.391 e. The van der Waals surface area contributed by atoms with Crippen LogP contribution in [-0.2, 0) is 4.79 Å². The van der Waals surface area contributed by atoms with E-state index in [1.165, 1.54) is 11.8 Å². The van der Waals surface area contributed by atoms with Gasteiger partial charge in [-0.2, -0.15) is 0 Å². The van der Waals surface area contributed by atoms with Crippen LogP contribution in [0.5, 0.6) is 0 Å². The molecule has 5 nitrogen and oxygen atoms in total. The van der Waals surface area contributed by atoms with E-state index in [1.54, 1.807) is 6.20 Å². The number of carbonyl (C=O) groups is 1. The number of aromatic nitrogens is 2. The molecule has 0 saturated heterocycles. The van der Waals surface area contributed by atoms with E-state index in [1.807, 2.05) is 55.8 Å². The lowest BCUT2D eigenvalue weighted by molar-refractivity contribution is -0.119. The van der Waals surface area contributed by atoms with Gasteiger partial charge in [0.15, 0.2) is 5.16 Å². The Bertz CT molecular complexity index is 655. The first-order valence-corrected chi connectivity index (χ1v) is 8.64. The molecule has 0 aliphatic carbocycles. The fraction of sp³-hybridized carbons (Fsp3) is 0.412. The van der Waals surface area contributed by atoms with Gasteiger partial charge in [-0.05, 0) is 24.5 Å². The summed E-state index contributed by atoms with van der Waals surface area (Å²) >= 11 is 1.38.